The molecule has 0 saturated carbocycles. The number of pyridine rings is 1. The molecule has 1 aromatic rings. The van der Waals surface area contributed by atoms with E-state index in [9.17, 15) is 4.79 Å². The molecule has 1 atom stereocenters. The van der Waals surface area contributed by atoms with Crippen LogP contribution in [0.25, 0.3) is 0 Å². The molecule has 1 aliphatic rings. The van der Waals surface area contributed by atoms with Crippen molar-refractivity contribution in [2.75, 3.05) is 12.4 Å². The molecule has 2 heterocycles. The van der Waals surface area contributed by atoms with E-state index in [0.717, 1.165) is 17.8 Å². The first-order chi connectivity index (χ1) is 6.70. The average molecular weight is 192 g/mol. The Morgan fingerprint density at radius 3 is 3.21 bits per heavy atom. The largest absolute Gasteiger partial charge is 0.465 e. The molecular weight excluding hydrogens is 180 g/mol. The quantitative estimate of drug-likeness (QED) is 0.680. The zero-order valence-electron chi connectivity index (χ0n) is 8.20. The van der Waals surface area contributed by atoms with Crippen molar-refractivity contribution in [1.29, 1.82) is 0 Å². The number of nitrogens with one attached hydrogen (secondary N) is 1. The summed E-state index contributed by atoms with van der Waals surface area (Å²) in [5.74, 6) is 0.546. The maximum atomic E-state index is 11.2. The van der Waals surface area contributed by atoms with Gasteiger partial charge in [-0.15, -0.1) is 0 Å². The van der Waals surface area contributed by atoms with E-state index in [1.165, 1.54) is 13.3 Å². The molecule has 4 heteroatoms. The maximum Gasteiger partial charge on any atom is 0.339 e. The molecule has 2 rings (SSSR count). The predicted octanol–water partition coefficient (Wildman–Crippen LogP) is 1.22. The van der Waals surface area contributed by atoms with Gasteiger partial charge in [-0.1, -0.05) is 0 Å². The van der Waals surface area contributed by atoms with Gasteiger partial charge >= 0.3 is 5.97 Å². The SMILES string of the molecule is COC(=O)c1cnc2c(c1)C[C@H](C)N2. The summed E-state index contributed by atoms with van der Waals surface area (Å²) in [7, 11) is 1.37. The van der Waals surface area contributed by atoms with E-state index in [1.807, 2.05) is 6.07 Å². The minimum Gasteiger partial charge on any atom is -0.465 e. The fourth-order valence-corrected chi connectivity index (χ4v) is 1.64. The summed E-state index contributed by atoms with van der Waals surface area (Å²) in [6.07, 6.45) is 2.45. The van der Waals surface area contributed by atoms with Gasteiger partial charge in [0.1, 0.15) is 5.82 Å². The second-order valence-electron chi connectivity index (χ2n) is 3.47. The van der Waals surface area contributed by atoms with Crippen molar-refractivity contribution in [3.8, 4) is 0 Å². The van der Waals surface area contributed by atoms with Gasteiger partial charge in [-0.3, -0.25) is 0 Å². The van der Waals surface area contributed by atoms with Crippen LogP contribution >= 0.6 is 0 Å². The Morgan fingerprint density at radius 1 is 1.71 bits per heavy atom. The standard InChI is InChI=1S/C10H12N2O2/c1-6-3-7-4-8(10(13)14-2)5-11-9(7)12-6/h4-6H,3H2,1-2H3,(H,11,12)/t6-/m0/s1. The molecule has 0 amide bonds. The Hall–Kier alpha value is -1.58. The summed E-state index contributed by atoms with van der Waals surface area (Å²) in [5.41, 5.74) is 1.60. The third-order valence-corrected chi connectivity index (χ3v) is 2.30. The fourth-order valence-electron chi connectivity index (χ4n) is 1.64. The number of ether oxygens (including phenoxy) is 1. The lowest BCUT2D eigenvalue weighted by atomic mass is 10.1. The van der Waals surface area contributed by atoms with Crippen molar-refractivity contribution in [3.05, 3.63) is 23.4 Å². The number of hydrogen-bond acceptors (Lipinski definition) is 4. The predicted molar refractivity (Wildman–Crippen MR) is 52.4 cm³/mol. The zero-order chi connectivity index (χ0) is 10.1. The molecule has 0 spiro atoms. The van der Waals surface area contributed by atoms with Crippen LogP contribution < -0.4 is 5.32 Å². The summed E-state index contributed by atoms with van der Waals surface area (Å²) in [4.78, 5) is 15.4. The molecule has 14 heavy (non-hydrogen) atoms. The number of rotatable bonds is 1. The Labute approximate surface area is 82.3 Å². The van der Waals surface area contributed by atoms with Crippen LogP contribution in [0.3, 0.4) is 0 Å². The summed E-state index contributed by atoms with van der Waals surface area (Å²) < 4.78 is 4.62. The van der Waals surface area contributed by atoms with Crippen molar-refractivity contribution in [2.45, 2.75) is 19.4 Å². The van der Waals surface area contributed by atoms with Crippen molar-refractivity contribution >= 4 is 11.8 Å². The van der Waals surface area contributed by atoms with Crippen LogP contribution in [0.15, 0.2) is 12.3 Å². The van der Waals surface area contributed by atoms with E-state index < -0.39 is 0 Å². The Morgan fingerprint density at radius 2 is 2.50 bits per heavy atom. The van der Waals surface area contributed by atoms with Crippen molar-refractivity contribution in [3.63, 3.8) is 0 Å². The molecule has 4 nitrogen and oxygen atoms in total. The third-order valence-electron chi connectivity index (χ3n) is 2.30. The van der Waals surface area contributed by atoms with Crippen LogP contribution in [-0.2, 0) is 11.2 Å². The Kier molecular flexibility index (Phi) is 2.11. The van der Waals surface area contributed by atoms with Crippen LogP contribution in [0.1, 0.15) is 22.8 Å². The molecule has 0 aromatic carbocycles. The smallest absolute Gasteiger partial charge is 0.339 e. The van der Waals surface area contributed by atoms with Crippen LogP contribution in [0, 0.1) is 0 Å². The summed E-state index contributed by atoms with van der Waals surface area (Å²) >= 11 is 0. The molecule has 0 saturated heterocycles. The fraction of sp³-hybridized carbons (Fsp3) is 0.400. The highest BCUT2D eigenvalue weighted by Gasteiger charge is 2.19. The number of carbonyl (C=O) groups excluding carboxylic acids is 1. The van der Waals surface area contributed by atoms with Gasteiger partial charge in [-0.2, -0.15) is 0 Å². The zero-order valence-corrected chi connectivity index (χ0v) is 8.20. The minimum absolute atomic E-state index is 0.333. The van der Waals surface area contributed by atoms with Crippen LogP contribution in [0.2, 0.25) is 0 Å². The second-order valence-corrected chi connectivity index (χ2v) is 3.47. The first-order valence-corrected chi connectivity index (χ1v) is 4.54. The monoisotopic (exact) mass is 192 g/mol. The summed E-state index contributed by atoms with van der Waals surface area (Å²) in [6.45, 7) is 2.08. The topological polar surface area (TPSA) is 51.2 Å². The van der Waals surface area contributed by atoms with E-state index in [1.54, 1.807) is 0 Å². The van der Waals surface area contributed by atoms with Gasteiger partial charge in [-0.25, -0.2) is 9.78 Å². The molecule has 0 bridgehead atoms. The normalized spacial score (nSPS) is 18.6. The third kappa shape index (κ3) is 1.43. The number of carbonyl (C=O) groups is 1. The van der Waals surface area contributed by atoms with E-state index in [-0.39, 0.29) is 5.97 Å². The van der Waals surface area contributed by atoms with Crippen LogP contribution in [0.4, 0.5) is 5.82 Å². The van der Waals surface area contributed by atoms with Gasteiger partial charge in [0.2, 0.25) is 0 Å². The lowest BCUT2D eigenvalue weighted by molar-refractivity contribution is 0.0600. The highest BCUT2D eigenvalue weighted by Crippen LogP contribution is 2.23. The van der Waals surface area contributed by atoms with Crippen molar-refractivity contribution < 1.29 is 9.53 Å². The van der Waals surface area contributed by atoms with Crippen LogP contribution in [-0.4, -0.2) is 24.1 Å². The molecule has 0 fully saturated rings. The number of anilines is 1. The lowest BCUT2D eigenvalue weighted by Gasteiger charge is -2.01. The Bertz CT molecular complexity index is 376. The number of fused-ring (bicyclic) bond motifs is 1. The number of methoxy groups -OCH3 is 1. The number of hydrogen-bond donors (Lipinski definition) is 1. The van der Waals surface area contributed by atoms with Gasteiger partial charge in [0.15, 0.2) is 0 Å². The first-order valence-electron chi connectivity index (χ1n) is 4.54. The van der Waals surface area contributed by atoms with Gasteiger partial charge < -0.3 is 10.1 Å². The van der Waals surface area contributed by atoms with Gasteiger partial charge in [0.05, 0.1) is 12.7 Å². The summed E-state index contributed by atoms with van der Waals surface area (Å²) in [6, 6.07) is 2.23. The first kappa shape index (κ1) is 8.99. The highest BCUT2D eigenvalue weighted by molar-refractivity contribution is 5.89. The average Bonchev–Trinajstić information content (AvgIpc) is 2.55. The van der Waals surface area contributed by atoms with Gasteiger partial charge in [0, 0.05) is 12.2 Å². The molecule has 0 radical (unpaired) electrons. The van der Waals surface area contributed by atoms with Gasteiger partial charge in [-0.05, 0) is 25.0 Å². The number of aromatic nitrogens is 1. The summed E-state index contributed by atoms with van der Waals surface area (Å²) in [5, 5.41) is 3.22. The lowest BCUT2D eigenvalue weighted by Crippen LogP contribution is -2.08. The van der Waals surface area contributed by atoms with E-state index in [0.29, 0.717) is 11.6 Å². The van der Waals surface area contributed by atoms with E-state index >= 15 is 0 Å². The number of nitrogens with zero attached hydrogens (tertiary/aromatic N) is 1. The molecule has 0 aliphatic carbocycles. The second kappa shape index (κ2) is 3.29. The van der Waals surface area contributed by atoms with Crippen molar-refractivity contribution in [2.24, 2.45) is 0 Å². The molecular formula is C10H12N2O2. The molecule has 0 unspecified atom stereocenters. The molecule has 74 valence electrons. The Balaban J connectivity index is 2.33. The van der Waals surface area contributed by atoms with E-state index in [2.05, 4.69) is 22.0 Å². The molecule has 1 N–H and O–H groups in total. The number of esters is 1. The maximum absolute atomic E-state index is 11.2. The molecule has 1 aromatic heterocycles. The minimum atomic E-state index is -0.333. The van der Waals surface area contributed by atoms with Crippen molar-refractivity contribution in [1.82, 2.24) is 4.98 Å². The highest BCUT2D eigenvalue weighted by atomic mass is 16.5. The van der Waals surface area contributed by atoms with Gasteiger partial charge in [0.25, 0.3) is 0 Å². The molecule has 1 aliphatic heterocycles. The van der Waals surface area contributed by atoms with Crippen LogP contribution in [0.5, 0.6) is 0 Å². The van der Waals surface area contributed by atoms with E-state index in [4.69, 9.17) is 0 Å².